The van der Waals surface area contributed by atoms with Crippen LogP contribution in [0.1, 0.15) is 11.7 Å². The second kappa shape index (κ2) is 4.00. The highest BCUT2D eigenvalue weighted by molar-refractivity contribution is 5.75. The van der Waals surface area contributed by atoms with Crippen LogP contribution in [0.3, 0.4) is 0 Å². The number of aliphatic hydroxyl groups excluding tert-OH is 1. The van der Waals surface area contributed by atoms with E-state index in [1.807, 2.05) is 6.07 Å². The number of benzene rings is 1. The Labute approximate surface area is 87.8 Å². The number of aliphatic hydroxyl groups is 1. The maximum Gasteiger partial charge on any atom is 0.324 e. The number of hydrogen-bond acceptors (Lipinski definition) is 3. The molecule has 2 rings (SSSR count). The van der Waals surface area contributed by atoms with Gasteiger partial charge in [-0.1, -0.05) is 30.3 Å². The lowest BCUT2D eigenvalue weighted by Crippen LogP contribution is -2.35. The van der Waals surface area contributed by atoms with Gasteiger partial charge in [0, 0.05) is 13.1 Å². The predicted molar refractivity (Wildman–Crippen MR) is 54.4 cm³/mol. The van der Waals surface area contributed by atoms with Crippen molar-refractivity contribution in [2.24, 2.45) is 0 Å². The van der Waals surface area contributed by atoms with Crippen molar-refractivity contribution < 1.29 is 15.0 Å². The summed E-state index contributed by atoms with van der Waals surface area (Å²) in [6.07, 6.45) is -0.953. The molecule has 2 unspecified atom stereocenters. The van der Waals surface area contributed by atoms with Crippen LogP contribution in [0, 0.1) is 0 Å². The Balaban J connectivity index is 2.17. The van der Waals surface area contributed by atoms with Crippen LogP contribution in [0.5, 0.6) is 0 Å². The number of carboxylic acids is 1. The highest BCUT2D eigenvalue weighted by Gasteiger charge is 2.38. The third-order valence-electron chi connectivity index (χ3n) is 2.57. The summed E-state index contributed by atoms with van der Waals surface area (Å²) < 4.78 is 0. The molecule has 0 radical (unpaired) electrons. The molecule has 1 aromatic rings. The highest BCUT2D eigenvalue weighted by Crippen LogP contribution is 2.25. The Morgan fingerprint density at radius 2 is 1.87 bits per heavy atom. The molecule has 0 spiro atoms. The minimum Gasteiger partial charge on any atom is -0.480 e. The summed E-state index contributed by atoms with van der Waals surface area (Å²) in [7, 11) is 0. The van der Waals surface area contributed by atoms with Crippen molar-refractivity contribution in [3.05, 3.63) is 35.9 Å². The predicted octanol–water partition coefficient (Wildman–Crippen LogP) is 0.489. The van der Waals surface area contributed by atoms with E-state index in [-0.39, 0.29) is 0 Å². The summed E-state index contributed by atoms with van der Waals surface area (Å²) in [5.74, 6) is -0.969. The molecule has 0 bridgehead atoms. The Morgan fingerprint density at radius 3 is 2.33 bits per heavy atom. The monoisotopic (exact) mass is 207 g/mol. The molecule has 0 amide bonds. The van der Waals surface area contributed by atoms with E-state index in [9.17, 15) is 9.90 Å². The minimum atomic E-state index is -0.969. The van der Waals surface area contributed by atoms with Crippen molar-refractivity contribution in [3.63, 3.8) is 0 Å². The molecule has 0 aliphatic carbocycles. The van der Waals surface area contributed by atoms with Gasteiger partial charge >= 0.3 is 5.97 Å². The lowest BCUT2D eigenvalue weighted by molar-refractivity contribution is -0.145. The second-order valence-corrected chi connectivity index (χ2v) is 3.67. The number of hydrogen-bond donors (Lipinski definition) is 2. The minimum absolute atomic E-state index is 0.650. The summed E-state index contributed by atoms with van der Waals surface area (Å²) in [6, 6.07) is 8.09. The van der Waals surface area contributed by atoms with Gasteiger partial charge in [-0.2, -0.15) is 0 Å². The van der Waals surface area contributed by atoms with Crippen molar-refractivity contribution in [1.29, 1.82) is 0 Å². The molecule has 1 aromatic carbocycles. The molecule has 80 valence electrons. The Hall–Kier alpha value is -1.39. The first-order valence-electron chi connectivity index (χ1n) is 4.90. The molecular formula is C11H13NO3. The zero-order valence-electron chi connectivity index (χ0n) is 8.21. The Bertz CT molecular complexity index is 348. The first-order valence-corrected chi connectivity index (χ1v) is 4.90. The van der Waals surface area contributed by atoms with Crippen molar-refractivity contribution in [2.75, 3.05) is 13.1 Å². The van der Waals surface area contributed by atoms with Gasteiger partial charge in [-0.05, 0) is 5.56 Å². The smallest absolute Gasteiger partial charge is 0.324 e. The maximum atomic E-state index is 11.0. The summed E-state index contributed by atoms with van der Waals surface area (Å²) in [5.41, 5.74) is 0.650. The summed E-state index contributed by atoms with van der Waals surface area (Å²) >= 11 is 0. The van der Waals surface area contributed by atoms with Crippen molar-refractivity contribution in [3.8, 4) is 0 Å². The van der Waals surface area contributed by atoms with Crippen LogP contribution < -0.4 is 0 Å². The van der Waals surface area contributed by atoms with Crippen LogP contribution in [0.2, 0.25) is 0 Å². The molecule has 4 heteroatoms. The number of rotatable bonds is 4. The number of aliphatic carboxylic acids is 1. The number of carbonyl (C=O) groups is 1. The molecule has 1 aliphatic heterocycles. The molecule has 2 N–H and O–H groups in total. The SMILES string of the molecule is O=C(O)C(C(O)c1ccccc1)N1CC1. The van der Waals surface area contributed by atoms with Gasteiger partial charge in [0.1, 0.15) is 12.1 Å². The Kier molecular flexibility index (Phi) is 2.70. The van der Waals surface area contributed by atoms with E-state index in [4.69, 9.17) is 5.11 Å². The molecule has 15 heavy (non-hydrogen) atoms. The zero-order valence-corrected chi connectivity index (χ0v) is 8.21. The topological polar surface area (TPSA) is 60.5 Å². The summed E-state index contributed by atoms with van der Waals surface area (Å²) in [5, 5.41) is 19.0. The molecule has 1 fully saturated rings. The third kappa shape index (κ3) is 2.16. The van der Waals surface area contributed by atoms with Gasteiger partial charge in [0.2, 0.25) is 0 Å². The van der Waals surface area contributed by atoms with Gasteiger partial charge in [0.25, 0.3) is 0 Å². The quantitative estimate of drug-likeness (QED) is 0.705. The first kappa shape index (κ1) is 10.1. The average molecular weight is 207 g/mol. The molecule has 2 atom stereocenters. The van der Waals surface area contributed by atoms with Crippen LogP contribution in [0.25, 0.3) is 0 Å². The van der Waals surface area contributed by atoms with Crippen LogP contribution in [-0.4, -0.2) is 40.2 Å². The fraction of sp³-hybridized carbons (Fsp3) is 0.364. The van der Waals surface area contributed by atoms with Gasteiger partial charge in [-0.25, -0.2) is 0 Å². The van der Waals surface area contributed by atoms with E-state index in [0.717, 1.165) is 13.1 Å². The van der Waals surface area contributed by atoms with Gasteiger partial charge in [0.05, 0.1) is 0 Å². The molecule has 1 saturated heterocycles. The van der Waals surface area contributed by atoms with Crippen LogP contribution in [-0.2, 0) is 4.79 Å². The molecule has 4 nitrogen and oxygen atoms in total. The molecule has 0 saturated carbocycles. The molecule has 1 heterocycles. The van der Waals surface area contributed by atoms with Gasteiger partial charge in [0.15, 0.2) is 0 Å². The molecule has 0 aromatic heterocycles. The standard InChI is InChI=1S/C11H13NO3/c13-10(8-4-2-1-3-5-8)9(11(14)15)12-6-7-12/h1-5,9-10,13H,6-7H2,(H,14,15). The maximum absolute atomic E-state index is 11.0. The number of nitrogens with zero attached hydrogens (tertiary/aromatic N) is 1. The van der Waals surface area contributed by atoms with E-state index in [1.54, 1.807) is 29.2 Å². The van der Waals surface area contributed by atoms with E-state index < -0.39 is 18.1 Å². The highest BCUT2D eigenvalue weighted by atomic mass is 16.4. The van der Waals surface area contributed by atoms with Crippen LogP contribution in [0.15, 0.2) is 30.3 Å². The van der Waals surface area contributed by atoms with Gasteiger partial charge in [-0.3, -0.25) is 9.69 Å². The second-order valence-electron chi connectivity index (χ2n) is 3.67. The third-order valence-corrected chi connectivity index (χ3v) is 2.57. The van der Waals surface area contributed by atoms with Crippen LogP contribution >= 0.6 is 0 Å². The normalized spacial score (nSPS) is 19.5. The lowest BCUT2D eigenvalue weighted by Gasteiger charge is -2.20. The van der Waals surface area contributed by atoms with Crippen LogP contribution in [0.4, 0.5) is 0 Å². The Morgan fingerprint density at radius 1 is 1.27 bits per heavy atom. The van der Waals surface area contributed by atoms with E-state index >= 15 is 0 Å². The van der Waals surface area contributed by atoms with Crippen molar-refractivity contribution in [1.82, 2.24) is 4.90 Å². The first-order chi connectivity index (χ1) is 7.20. The zero-order chi connectivity index (χ0) is 10.8. The average Bonchev–Trinajstić information content (AvgIpc) is 3.03. The largest absolute Gasteiger partial charge is 0.480 e. The lowest BCUT2D eigenvalue weighted by atomic mass is 10.0. The van der Waals surface area contributed by atoms with E-state index in [1.165, 1.54) is 0 Å². The molecular weight excluding hydrogens is 194 g/mol. The summed E-state index contributed by atoms with van der Waals surface area (Å²) in [4.78, 5) is 12.7. The van der Waals surface area contributed by atoms with E-state index in [0.29, 0.717) is 5.56 Å². The van der Waals surface area contributed by atoms with Crippen molar-refractivity contribution in [2.45, 2.75) is 12.1 Å². The van der Waals surface area contributed by atoms with Gasteiger partial charge < -0.3 is 10.2 Å². The fourth-order valence-corrected chi connectivity index (χ4v) is 1.66. The van der Waals surface area contributed by atoms with Gasteiger partial charge in [-0.15, -0.1) is 0 Å². The van der Waals surface area contributed by atoms with Crippen molar-refractivity contribution >= 4 is 5.97 Å². The van der Waals surface area contributed by atoms with E-state index in [2.05, 4.69) is 0 Å². The molecule has 1 aliphatic rings. The summed E-state index contributed by atoms with van der Waals surface area (Å²) in [6.45, 7) is 1.50. The number of carboxylic acid groups (broad SMARTS) is 1. The fourth-order valence-electron chi connectivity index (χ4n) is 1.66.